The largest absolute Gasteiger partial charge is 0.497 e. The fourth-order valence-electron chi connectivity index (χ4n) is 2.69. The molecule has 1 N–H and O–H groups in total. The van der Waals surface area contributed by atoms with Crippen LogP contribution in [0, 0.1) is 11.7 Å². The minimum absolute atomic E-state index is 0.252. The lowest BCUT2D eigenvalue weighted by Gasteiger charge is -2.21. The number of hydrogen-bond donors (Lipinski definition) is 1. The summed E-state index contributed by atoms with van der Waals surface area (Å²) in [6.07, 6.45) is 4.91. The summed E-state index contributed by atoms with van der Waals surface area (Å²) in [5, 5.41) is 3.44. The number of halogens is 1. The van der Waals surface area contributed by atoms with Gasteiger partial charge in [0.2, 0.25) is 0 Å². The van der Waals surface area contributed by atoms with E-state index in [1.807, 2.05) is 6.07 Å². The molecular weight excluding hydrogens is 217 g/mol. The van der Waals surface area contributed by atoms with Gasteiger partial charge in [0.1, 0.15) is 11.6 Å². The molecule has 0 saturated heterocycles. The van der Waals surface area contributed by atoms with E-state index in [0.29, 0.717) is 17.7 Å². The van der Waals surface area contributed by atoms with Gasteiger partial charge in [-0.05, 0) is 24.8 Å². The second-order valence-corrected chi connectivity index (χ2v) is 4.73. The first-order chi connectivity index (χ1) is 8.22. The summed E-state index contributed by atoms with van der Waals surface area (Å²) < 4.78 is 18.4. The molecule has 1 saturated carbocycles. The zero-order valence-corrected chi connectivity index (χ0v) is 10.5. The van der Waals surface area contributed by atoms with Gasteiger partial charge in [-0.25, -0.2) is 4.39 Å². The van der Waals surface area contributed by atoms with Gasteiger partial charge in [0.15, 0.2) is 0 Å². The SMILES string of the molecule is CCC1CCCC1Nc1cc(F)cc(OC)c1. The van der Waals surface area contributed by atoms with Gasteiger partial charge in [-0.3, -0.25) is 0 Å². The van der Waals surface area contributed by atoms with Gasteiger partial charge < -0.3 is 10.1 Å². The molecule has 1 aromatic rings. The van der Waals surface area contributed by atoms with Gasteiger partial charge >= 0.3 is 0 Å². The van der Waals surface area contributed by atoms with Crippen molar-refractivity contribution in [2.75, 3.05) is 12.4 Å². The Morgan fingerprint density at radius 2 is 2.18 bits per heavy atom. The maximum absolute atomic E-state index is 13.3. The molecular formula is C14H20FNO. The third-order valence-corrected chi connectivity index (χ3v) is 3.64. The van der Waals surface area contributed by atoms with E-state index in [-0.39, 0.29) is 5.82 Å². The maximum Gasteiger partial charge on any atom is 0.128 e. The van der Waals surface area contributed by atoms with Crippen LogP contribution in [0.2, 0.25) is 0 Å². The van der Waals surface area contributed by atoms with E-state index in [1.165, 1.54) is 37.8 Å². The van der Waals surface area contributed by atoms with Crippen molar-refractivity contribution in [3.8, 4) is 5.75 Å². The highest BCUT2D eigenvalue weighted by Crippen LogP contribution is 2.31. The average molecular weight is 237 g/mol. The minimum Gasteiger partial charge on any atom is -0.497 e. The fraction of sp³-hybridized carbons (Fsp3) is 0.571. The van der Waals surface area contributed by atoms with Gasteiger partial charge in [-0.15, -0.1) is 0 Å². The zero-order valence-electron chi connectivity index (χ0n) is 10.5. The Balaban J connectivity index is 2.09. The number of methoxy groups -OCH3 is 1. The molecule has 0 aromatic heterocycles. The average Bonchev–Trinajstić information content (AvgIpc) is 2.75. The lowest BCUT2D eigenvalue weighted by atomic mass is 10.0. The molecule has 94 valence electrons. The summed E-state index contributed by atoms with van der Waals surface area (Å²) in [6.45, 7) is 2.22. The quantitative estimate of drug-likeness (QED) is 0.859. The number of nitrogens with one attached hydrogen (secondary N) is 1. The van der Waals surface area contributed by atoms with Crippen molar-refractivity contribution in [1.82, 2.24) is 0 Å². The Kier molecular flexibility index (Phi) is 3.87. The van der Waals surface area contributed by atoms with Crippen molar-refractivity contribution in [1.29, 1.82) is 0 Å². The highest BCUT2D eigenvalue weighted by Gasteiger charge is 2.25. The number of anilines is 1. The molecule has 2 unspecified atom stereocenters. The van der Waals surface area contributed by atoms with Gasteiger partial charge in [-0.2, -0.15) is 0 Å². The molecule has 1 aliphatic carbocycles. The van der Waals surface area contributed by atoms with Crippen LogP contribution in [0.25, 0.3) is 0 Å². The van der Waals surface area contributed by atoms with E-state index in [0.717, 1.165) is 5.69 Å². The summed E-state index contributed by atoms with van der Waals surface area (Å²) in [5.41, 5.74) is 0.826. The second kappa shape index (κ2) is 5.39. The monoisotopic (exact) mass is 237 g/mol. The van der Waals surface area contributed by atoms with Crippen LogP contribution < -0.4 is 10.1 Å². The van der Waals surface area contributed by atoms with Gasteiger partial charge in [-0.1, -0.05) is 19.8 Å². The van der Waals surface area contributed by atoms with Crippen LogP contribution in [-0.4, -0.2) is 13.2 Å². The Hall–Kier alpha value is -1.25. The van der Waals surface area contributed by atoms with Crippen molar-refractivity contribution >= 4 is 5.69 Å². The predicted octanol–water partition coefficient (Wildman–Crippen LogP) is 3.82. The van der Waals surface area contributed by atoms with Crippen LogP contribution in [0.1, 0.15) is 32.6 Å². The molecule has 0 radical (unpaired) electrons. The zero-order chi connectivity index (χ0) is 12.3. The molecule has 1 aliphatic rings. The third kappa shape index (κ3) is 2.90. The summed E-state index contributed by atoms with van der Waals surface area (Å²) in [7, 11) is 1.56. The van der Waals surface area contributed by atoms with Crippen LogP contribution in [-0.2, 0) is 0 Å². The molecule has 0 bridgehead atoms. The highest BCUT2D eigenvalue weighted by molar-refractivity contribution is 5.49. The molecule has 0 amide bonds. The van der Waals surface area contributed by atoms with E-state index in [4.69, 9.17) is 4.74 Å². The van der Waals surface area contributed by atoms with Crippen LogP contribution in [0.5, 0.6) is 5.75 Å². The van der Waals surface area contributed by atoms with E-state index >= 15 is 0 Å². The third-order valence-electron chi connectivity index (χ3n) is 3.64. The smallest absolute Gasteiger partial charge is 0.128 e. The first-order valence-electron chi connectivity index (χ1n) is 6.34. The van der Waals surface area contributed by atoms with Crippen LogP contribution in [0.4, 0.5) is 10.1 Å². The number of benzene rings is 1. The Bertz CT molecular complexity index is 380. The molecule has 3 heteroatoms. The maximum atomic E-state index is 13.3. The molecule has 17 heavy (non-hydrogen) atoms. The Morgan fingerprint density at radius 3 is 2.88 bits per heavy atom. The molecule has 0 spiro atoms. The fourth-order valence-corrected chi connectivity index (χ4v) is 2.69. The van der Waals surface area contributed by atoms with Gasteiger partial charge in [0.25, 0.3) is 0 Å². The van der Waals surface area contributed by atoms with Crippen molar-refractivity contribution in [2.24, 2.45) is 5.92 Å². The topological polar surface area (TPSA) is 21.3 Å². The number of ether oxygens (including phenoxy) is 1. The van der Waals surface area contributed by atoms with Gasteiger partial charge in [0, 0.05) is 23.9 Å². The Labute approximate surface area is 102 Å². The van der Waals surface area contributed by atoms with Crippen molar-refractivity contribution < 1.29 is 9.13 Å². The van der Waals surface area contributed by atoms with Crippen LogP contribution in [0.15, 0.2) is 18.2 Å². The molecule has 2 nitrogen and oxygen atoms in total. The second-order valence-electron chi connectivity index (χ2n) is 4.73. The first-order valence-corrected chi connectivity index (χ1v) is 6.34. The molecule has 2 rings (SSSR count). The lowest BCUT2D eigenvalue weighted by Crippen LogP contribution is -2.23. The van der Waals surface area contributed by atoms with E-state index in [2.05, 4.69) is 12.2 Å². The molecule has 0 aliphatic heterocycles. The number of hydrogen-bond acceptors (Lipinski definition) is 2. The molecule has 1 aromatic carbocycles. The van der Waals surface area contributed by atoms with Crippen LogP contribution >= 0.6 is 0 Å². The predicted molar refractivity (Wildman–Crippen MR) is 68.0 cm³/mol. The van der Waals surface area contributed by atoms with E-state index in [9.17, 15) is 4.39 Å². The summed E-state index contributed by atoms with van der Waals surface area (Å²) in [6, 6.07) is 5.27. The lowest BCUT2D eigenvalue weighted by molar-refractivity contribution is 0.411. The first kappa shape index (κ1) is 12.2. The molecule has 1 fully saturated rings. The van der Waals surface area contributed by atoms with E-state index in [1.54, 1.807) is 7.11 Å². The van der Waals surface area contributed by atoms with Crippen LogP contribution in [0.3, 0.4) is 0 Å². The molecule has 2 atom stereocenters. The standard InChI is InChI=1S/C14H20FNO/c1-3-10-5-4-6-14(10)16-12-7-11(15)8-13(9-12)17-2/h7-10,14,16H,3-6H2,1-2H3. The van der Waals surface area contributed by atoms with Crippen molar-refractivity contribution in [3.63, 3.8) is 0 Å². The number of rotatable bonds is 4. The highest BCUT2D eigenvalue weighted by atomic mass is 19.1. The summed E-state index contributed by atoms with van der Waals surface area (Å²) in [5.74, 6) is 1.03. The summed E-state index contributed by atoms with van der Waals surface area (Å²) >= 11 is 0. The van der Waals surface area contributed by atoms with E-state index < -0.39 is 0 Å². The van der Waals surface area contributed by atoms with Gasteiger partial charge in [0.05, 0.1) is 7.11 Å². The summed E-state index contributed by atoms with van der Waals surface area (Å²) in [4.78, 5) is 0. The van der Waals surface area contributed by atoms with Crippen molar-refractivity contribution in [3.05, 3.63) is 24.0 Å². The Morgan fingerprint density at radius 1 is 1.35 bits per heavy atom. The normalized spacial score (nSPS) is 23.7. The molecule has 0 heterocycles. The van der Waals surface area contributed by atoms with Crippen molar-refractivity contribution in [2.45, 2.75) is 38.6 Å². The minimum atomic E-state index is -0.252.